The summed E-state index contributed by atoms with van der Waals surface area (Å²) in [5.41, 5.74) is 1.46. The number of hydrogen-bond donors (Lipinski definition) is 2. The van der Waals surface area contributed by atoms with Crippen molar-refractivity contribution in [2.45, 2.75) is 6.92 Å². The normalized spacial score (nSPS) is 10.4. The van der Waals surface area contributed by atoms with Crippen molar-refractivity contribution >= 4 is 45.4 Å². The molecule has 2 N–H and O–H groups in total. The fourth-order valence-corrected chi connectivity index (χ4v) is 3.01. The molecule has 2 amide bonds. The summed E-state index contributed by atoms with van der Waals surface area (Å²) in [7, 11) is 0. The number of furan rings is 1. The van der Waals surface area contributed by atoms with Crippen LogP contribution in [0, 0.1) is 6.92 Å². The van der Waals surface area contributed by atoms with E-state index in [1.54, 1.807) is 42.5 Å². The second-order valence-electron chi connectivity index (χ2n) is 4.96. The molecule has 1 aromatic carbocycles. The summed E-state index contributed by atoms with van der Waals surface area (Å²) in [5.74, 6) is -0.410. The van der Waals surface area contributed by atoms with Crippen LogP contribution in [-0.2, 0) is 0 Å². The second-order valence-corrected chi connectivity index (χ2v) is 6.45. The van der Waals surface area contributed by atoms with Gasteiger partial charge >= 0.3 is 0 Å². The van der Waals surface area contributed by atoms with Crippen LogP contribution in [0.25, 0.3) is 0 Å². The third-order valence-corrected chi connectivity index (χ3v) is 4.74. The Bertz CT molecular complexity index is 887. The molecule has 24 heavy (non-hydrogen) atoms. The molecular formula is C17H13ClN2O3S. The summed E-state index contributed by atoms with van der Waals surface area (Å²) in [6.45, 7) is 1.83. The first-order chi connectivity index (χ1) is 11.5. The monoisotopic (exact) mass is 360 g/mol. The van der Waals surface area contributed by atoms with Gasteiger partial charge in [0.25, 0.3) is 11.8 Å². The molecule has 5 nitrogen and oxygen atoms in total. The van der Waals surface area contributed by atoms with E-state index in [4.69, 9.17) is 16.0 Å². The quantitative estimate of drug-likeness (QED) is 0.701. The van der Waals surface area contributed by atoms with Crippen LogP contribution in [-0.4, -0.2) is 11.8 Å². The summed E-state index contributed by atoms with van der Waals surface area (Å²) < 4.78 is 5.03. The molecule has 0 bridgehead atoms. The molecule has 2 aromatic heterocycles. The lowest BCUT2D eigenvalue weighted by atomic mass is 10.2. The maximum Gasteiger partial charge on any atom is 0.291 e. The van der Waals surface area contributed by atoms with Gasteiger partial charge in [0.2, 0.25) is 0 Å². The minimum absolute atomic E-state index is 0.212. The predicted molar refractivity (Wildman–Crippen MR) is 95.1 cm³/mol. The molecule has 2 heterocycles. The van der Waals surface area contributed by atoms with Crippen molar-refractivity contribution in [3.8, 4) is 0 Å². The molecule has 0 fully saturated rings. The number of carbonyl (C=O) groups excluding carboxylic acids is 2. The Kier molecular flexibility index (Phi) is 4.69. The topological polar surface area (TPSA) is 71.3 Å². The third kappa shape index (κ3) is 3.50. The predicted octanol–water partition coefficient (Wildman–Crippen LogP) is 4.81. The van der Waals surface area contributed by atoms with Crippen LogP contribution in [0.4, 0.5) is 10.7 Å². The first kappa shape index (κ1) is 16.3. The number of halogens is 1. The molecule has 0 aliphatic rings. The van der Waals surface area contributed by atoms with E-state index in [0.717, 1.165) is 5.56 Å². The lowest BCUT2D eigenvalue weighted by Gasteiger charge is -2.08. The van der Waals surface area contributed by atoms with Gasteiger partial charge in [-0.2, -0.15) is 0 Å². The molecular weight excluding hydrogens is 348 g/mol. The molecule has 0 radical (unpaired) electrons. The Morgan fingerprint density at radius 3 is 2.62 bits per heavy atom. The zero-order valence-electron chi connectivity index (χ0n) is 12.6. The van der Waals surface area contributed by atoms with Gasteiger partial charge in [-0.15, -0.1) is 11.3 Å². The van der Waals surface area contributed by atoms with Crippen LogP contribution in [0.15, 0.2) is 53.1 Å². The lowest BCUT2D eigenvalue weighted by molar-refractivity contribution is 0.0995. The summed E-state index contributed by atoms with van der Waals surface area (Å²) in [5, 5.41) is 6.65. The van der Waals surface area contributed by atoms with Crippen LogP contribution in [0.3, 0.4) is 0 Å². The van der Waals surface area contributed by atoms with Crippen LogP contribution in [0.1, 0.15) is 25.8 Å². The van der Waals surface area contributed by atoms with E-state index in [1.165, 1.54) is 17.6 Å². The van der Waals surface area contributed by atoms with Crippen molar-refractivity contribution < 1.29 is 14.0 Å². The van der Waals surface area contributed by atoms with Gasteiger partial charge in [0.15, 0.2) is 5.76 Å². The molecule has 3 rings (SSSR count). The highest BCUT2D eigenvalue weighted by atomic mass is 35.5. The molecule has 0 saturated heterocycles. The van der Waals surface area contributed by atoms with Gasteiger partial charge in [-0.25, -0.2) is 0 Å². The number of benzene rings is 1. The van der Waals surface area contributed by atoms with Crippen LogP contribution >= 0.6 is 22.9 Å². The zero-order valence-corrected chi connectivity index (χ0v) is 14.2. The van der Waals surface area contributed by atoms with E-state index in [1.807, 2.05) is 6.92 Å². The standard InChI is InChI=1S/C17H13ClN2O3S/c1-10-11(18)4-2-5-12(10)19-17(22)14-7-8-15(24-14)20-16(21)13-6-3-9-23-13/h2-9H,1H3,(H,19,22)(H,20,21). The molecule has 0 saturated carbocycles. The smallest absolute Gasteiger partial charge is 0.291 e. The number of anilines is 2. The molecule has 122 valence electrons. The van der Waals surface area contributed by atoms with Gasteiger partial charge in [0.1, 0.15) is 0 Å². The van der Waals surface area contributed by atoms with E-state index < -0.39 is 0 Å². The van der Waals surface area contributed by atoms with Gasteiger partial charge in [-0.05, 0) is 48.9 Å². The van der Waals surface area contributed by atoms with E-state index in [9.17, 15) is 9.59 Å². The highest BCUT2D eigenvalue weighted by Crippen LogP contribution is 2.26. The molecule has 7 heteroatoms. The van der Waals surface area contributed by atoms with Gasteiger partial charge in [0, 0.05) is 10.7 Å². The Balaban J connectivity index is 1.70. The third-order valence-electron chi connectivity index (χ3n) is 3.33. The first-order valence-electron chi connectivity index (χ1n) is 7.06. The zero-order chi connectivity index (χ0) is 17.1. The van der Waals surface area contributed by atoms with E-state index in [0.29, 0.717) is 20.6 Å². The van der Waals surface area contributed by atoms with E-state index >= 15 is 0 Å². The Morgan fingerprint density at radius 1 is 1.04 bits per heavy atom. The fraction of sp³-hybridized carbons (Fsp3) is 0.0588. The Hall–Kier alpha value is -2.57. The van der Waals surface area contributed by atoms with Gasteiger partial charge in [-0.1, -0.05) is 17.7 Å². The van der Waals surface area contributed by atoms with Gasteiger partial charge < -0.3 is 15.1 Å². The van der Waals surface area contributed by atoms with Crippen molar-refractivity contribution in [2.75, 3.05) is 10.6 Å². The largest absolute Gasteiger partial charge is 0.459 e. The average molecular weight is 361 g/mol. The number of carbonyl (C=O) groups is 2. The summed E-state index contributed by atoms with van der Waals surface area (Å²) >= 11 is 7.23. The molecule has 0 atom stereocenters. The van der Waals surface area contributed by atoms with Crippen LogP contribution < -0.4 is 10.6 Å². The fourth-order valence-electron chi connectivity index (χ4n) is 2.04. The van der Waals surface area contributed by atoms with Crippen molar-refractivity contribution in [1.29, 1.82) is 0 Å². The summed E-state index contributed by atoms with van der Waals surface area (Å²) in [6.07, 6.45) is 1.43. The minimum atomic E-state index is -0.362. The van der Waals surface area contributed by atoms with Gasteiger partial charge in [-0.3, -0.25) is 9.59 Å². The molecule has 3 aromatic rings. The SMILES string of the molecule is Cc1c(Cl)cccc1NC(=O)c1ccc(NC(=O)c2ccco2)s1. The van der Waals surface area contributed by atoms with Crippen molar-refractivity contribution in [3.63, 3.8) is 0 Å². The molecule has 0 aliphatic heterocycles. The summed E-state index contributed by atoms with van der Waals surface area (Å²) in [4.78, 5) is 24.7. The average Bonchev–Trinajstić information content (AvgIpc) is 3.23. The van der Waals surface area contributed by atoms with Crippen molar-refractivity contribution in [3.05, 3.63) is 70.0 Å². The number of rotatable bonds is 4. The van der Waals surface area contributed by atoms with Crippen LogP contribution in [0.5, 0.6) is 0 Å². The highest BCUT2D eigenvalue weighted by Gasteiger charge is 2.14. The maximum atomic E-state index is 12.3. The summed E-state index contributed by atoms with van der Waals surface area (Å²) in [6, 6.07) is 11.8. The number of hydrogen-bond acceptors (Lipinski definition) is 4. The van der Waals surface area contributed by atoms with E-state index in [-0.39, 0.29) is 17.6 Å². The maximum absolute atomic E-state index is 12.3. The number of nitrogens with one attached hydrogen (secondary N) is 2. The Morgan fingerprint density at radius 2 is 1.88 bits per heavy atom. The highest BCUT2D eigenvalue weighted by molar-refractivity contribution is 7.18. The molecule has 0 unspecified atom stereocenters. The van der Waals surface area contributed by atoms with Crippen LogP contribution in [0.2, 0.25) is 5.02 Å². The second kappa shape index (κ2) is 6.90. The van der Waals surface area contributed by atoms with Crippen molar-refractivity contribution in [2.24, 2.45) is 0 Å². The van der Waals surface area contributed by atoms with Gasteiger partial charge in [0.05, 0.1) is 16.1 Å². The number of amides is 2. The van der Waals surface area contributed by atoms with Crippen molar-refractivity contribution in [1.82, 2.24) is 0 Å². The minimum Gasteiger partial charge on any atom is -0.459 e. The molecule has 0 spiro atoms. The lowest BCUT2D eigenvalue weighted by Crippen LogP contribution is -2.11. The molecule has 0 aliphatic carbocycles. The Labute approximate surface area is 147 Å². The van der Waals surface area contributed by atoms with E-state index in [2.05, 4.69) is 10.6 Å². The first-order valence-corrected chi connectivity index (χ1v) is 8.25. The number of thiophene rings is 1.